The molecule has 14 heavy (non-hydrogen) atoms. The summed E-state index contributed by atoms with van der Waals surface area (Å²) in [5.74, 6) is 0.379. The topological polar surface area (TPSA) is 42.4 Å². The quantitative estimate of drug-likeness (QED) is 0.818. The second-order valence-electron chi connectivity index (χ2n) is 3.57. The number of hydrogen-bond acceptors (Lipinski definition) is 3. The Morgan fingerprint density at radius 1 is 1.57 bits per heavy atom. The average Bonchev–Trinajstić information content (AvgIpc) is 2.15. The fourth-order valence-corrected chi connectivity index (χ4v) is 2.07. The van der Waals surface area contributed by atoms with Crippen molar-refractivity contribution in [1.29, 1.82) is 0 Å². The van der Waals surface area contributed by atoms with Crippen LogP contribution in [0.5, 0.6) is 5.88 Å². The van der Waals surface area contributed by atoms with Gasteiger partial charge in [0.05, 0.1) is 12.7 Å². The first-order chi connectivity index (χ1) is 6.67. The maximum absolute atomic E-state index is 10.1. The molecule has 1 N–H and O–H groups in total. The third kappa shape index (κ3) is 1.37. The van der Waals surface area contributed by atoms with E-state index in [1.54, 1.807) is 12.3 Å². The number of aliphatic hydroxyl groups is 1. The van der Waals surface area contributed by atoms with Crippen molar-refractivity contribution in [3.8, 4) is 5.88 Å². The smallest absolute Gasteiger partial charge is 0.232 e. The van der Waals surface area contributed by atoms with Crippen LogP contribution in [0, 0.1) is 0 Å². The Balaban J connectivity index is 2.43. The zero-order valence-corrected chi connectivity index (χ0v) is 8.71. The molecule has 0 unspecified atom stereocenters. The molecular weight excluding hydrogens is 202 g/mol. The van der Waals surface area contributed by atoms with Crippen LogP contribution < -0.4 is 4.74 Å². The van der Waals surface area contributed by atoms with Gasteiger partial charge in [-0.3, -0.25) is 0 Å². The molecule has 1 aromatic rings. The third-order valence-electron chi connectivity index (χ3n) is 2.73. The monoisotopic (exact) mass is 213 g/mol. The minimum absolute atomic E-state index is 0.379. The number of halogens is 1. The molecule has 1 aromatic heterocycles. The van der Waals surface area contributed by atoms with Crippen LogP contribution >= 0.6 is 11.6 Å². The second kappa shape index (κ2) is 3.41. The number of nitrogens with zero attached hydrogens (tertiary/aromatic N) is 1. The van der Waals surface area contributed by atoms with E-state index in [-0.39, 0.29) is 0 Å². The van der Waals surface area contributed by atoms with Crippen molar-refractivity contribution in [3.05, 3.63) is 22.8 Å². The summed E-state index contributed by atoms with van der Waals surface area (Å²) in [5, 5.41) is 10.5. The molecule has 0 spiro atoms. The maximum Gasteiger partial charge on any atom is 0.232 e. The van der Waals surface area contributed by atoms with Crippen LogP contribution in [0.25, 0.3) is 0 Å². The molecule has 4 heteroatoms. The summed E-state index contributed by atoms with van der Waals surface area (Å²) in [6, 6.07) is 1.75. The van der Waals surface area contributed by atoms with Gasteiger partial charge in [-0.05, 0) is 25.3 Å². The first-order valence-electron chi connectivity index (χ1n) is 4.59. The fraction of sp³-hybridized carbons (Fsp3) is 0.500. The highest BCUT2D eigenvalue weighted by Crippen LogP contribution is 2.45. The van der Waals surface area contributed by atoms with Crippen molar-refractivity contribution in [3.63, 3.8) is 0 Å². The summed E-state index contributed by atoms with van der Waals surface area (Å²) in [4.78, 5) is 3.96. The van der Waals surface area contributed by atoms with Gasteiger partial charge in [0.2, 0.25) is 5.88 Å². The van der Waals surface area contributed by atoms with Crippen LogP contribution in [0.4, 0.5) is 0 Å². The van der Waals surface area contributed by atoms with Crippen LogP contribution in [-0.2, 0) is 5.60 Å². The zero-order valence-electron chi connectivity index (χ0n) is 7.96. The molecule has 1 aliphatic rings. The minimum Gasteiger partial charge on any atom is -0.480 e. The lowest BCUT2D eigenvalue weighted by molar-refractivity contribution is -0.0389. The molecule has 1 heterocycles. The SMILES string of the molecule is COc1nccc(C2(O)CCC2)c1Cl. The molecule has 2 rings (SSSR count). The number of ether oxygens (including phenoxy) is 1. The van der Waals surface area contributed by atoms with Gasteiger partial charge >= 0.3 is 0 Å². The summed E-state index contributed by atoms with van der Waals surface area (Å²) >= 11 is 6.06. The third-order valence-corrected chi connectivity index (χ3v) is 3.10. The van der Waals surface area contributed by atoms with Gasteiger partial charge in [0.1, 0.15) is 5.02 Å². The highest BCUT2D eigenvalue weighted by molar-refractivity contribution is 6.32. The van der Waals surface area contributed by atoms with Crippen LogP contribution in [0.2, 0.25) is 5.02 Å². The van der Waals surface area contributed by atoms with E-state index in [9.17, 15) is 5.11 Å². The van der Waals surface area contributed by atoms with Crippen molar-refractivity contribution in [2.24, 2.45) is 0 Å². The molecule has 1 aliphatic carbocycles. The first kappa shape index (κ1) is 9.74. The Kier molecular flexibility index (Phi) is 2.37. The van der Waals surface area contributed by atoms with Crippen LogP contribution in [0.1, 0.15) is 24.8 Å². The van der Waals surface area contributed by atoms with E-state index < -0.39 is 5.60 Å². The molecular formula is C10H12ClNO2. The van der Waals surface area contributed by atoms with Crippen LogP contribution in [-0.4, -0.2) is 17.2 Å². The highest BCUT2D eigenvalue weighted by Gasteiger charge is 2.38. The van der Waals surface area contributed by atoms with Gasteiger partial charge in [0, 0.05) is 11.8 Å². The molecule has 1 saturated carbocycles. The lowest BCUT2D eigenvalue weighted by Gasteiger charge is -2.37. The lowest BCUT2D eigenvalue weighted by atomic mass is 9.75. The van der Waals surface area contributed by atoms with E-state index in [2.05, 4.69) is 4.98 Å². The van der Waals surface area contributed by atoms with Crippen molar-refractivity contribution in [2.45, 2.75) is 24.9 Å². The molecule has 3 nitrogen and oxygen atoms in total. The lowest BCUT2D eigenvalue weighted by Crippen LogP contribution is -2.34. The number of methoxy groups -OCH3 is 1. The summed E-state index contributed by atoms with van der Waals surface area (Å²) < 4.78 is 5.00. The van der Waals surface area contributed by atoms with Crippen LogP contribution in [0.15, 0.2) is 12.3 Å². The Morgan fingerprint density at radius 2 is 2.29 bits per heavy atom. The molecule has 0 bridgehead atoms. The summed E-state index contributed by atoms with van der Waals surface area (Å²) in [7, 11) is 1.52. The molecule has 0 atom stereocenters. The highest BCUT2D eigenvalue weighted by atomic mass is 35.5. The van der Waals surface area contributed by atoms with Gasteiger partial charge in [0.25, 0.3) is 0 Å². The molecule has 0 aromatic carbocycles. The number of aromatic nitrogens is 1. The Labute approximate surface area is 87.7 Å². The molecule has 0 saturated heterocycles. The van der Waals surface area contributed by atoms with Gasteiger partial charge in [-0.1, -0.05) is 11.6 Å². The van der Waals surface area contributed by atoms with E-state index in [0.29, 0.717) is 10.9 Å². The standard InChI is InChI=1S/C10H12ClNO2/c1-14-9-8(11)7(3-6-12-9)10(13)4-2-5-10/h3,6,13H,2,4-5H2,1H3. The Bertz CT molecular complexity index is 350. The summed E-state index contributed by atoms with van der Waals surface area (Å²) in [6.45, 7) is 0. The number of hydrogen-bond donors (Lipinski definition) is 1. The van der Waals surface area contributed by atoms with E-state index in [0.717, 1.165) is 24.8 Å². The normalized spacial score (nSPS) is 18.8. The number of rotatable bonds is 2. The second-order valence-corrected chi connectivity index (χ2v) is 3.94. The van der Waals surface area contributed by atoms with Crippen LogP contribution in [0.3, 0.4) is 0 Å². The van der Waals surface area contributed by atoms with Crippen molar-refractivity contribution < 1.29 is 9.84 Å². The minimum atomic E-state index is -0.757. The maximum atomic E-state index is 10.1. The zero-order chi connectivity index (χ0) is 10.2. The predicted octanol–water partition coefficient (Wildman–Crippen LogP) is 2.12. The molecule has 1 fully saturated rings. The van der Waals surface area contributed by atoms with Crippen molar-refractivity contribution in [1.82, 2.24) is 4.98 Å². The van der Waals surface area contributed by atoms with E-state index in [4.69, 9.17) is 16.3 Å². The number of pyridine rings is 1. The first-order valence-corrected chi connectivity index (χ1v) is 4.96. The van der Waals surface area contributed by atoms with Crippen molar-refractivity contribution >= 4 is 11.6 Å². The molecule has 0 aliphatic heterocycles. The van der Waals surface area contributed by atoms with Gasteiger partial charge in [-0.15, -0.1) is 0 Å². The summed E-state index contributed by atoms with van der Waals surface area (Å²) in [5.41, 5.74) is -0.0231. The largest absolute Gasteiger partial charge is 0.480 e. The average molecular weight is 214 g/mol. The summed E-state index contributed by atoms with van der Waals surface area (Å²) in [6.07, 6.45) is 4.17. The van der Waals surface area contributed by atoms with Gasteiger partial charge in [-0.25, -0.2) is 4.98 Å². The van der Waals surface area contributed by atoms with E-state index in [1.807, 2.05) is 0 Å². The molecule has 0 radical (unpaired) electrons. The predicted molar refractivity (Wildman–Crippen MR) is 53.5 cm³/mol. The molecule has 0 amide bonds. The van der Waals surface area contributed by atoms with Crippen molar-refractivity contribution in [2.75, 3.05) is 7.11 Å². The fourth-order valence-electron chi connectivity index (χ4n) is 1.71. The van der Waals surface area contributed by atoms with E-state index in [1.165, 1.54) is 7.11 Å². The van der Waals surface area contributed by atoms with E-state index >= 15 is 0 Å². The van der Waals surface area contributed by atoms with Gasteiger partial charge in [-0.2, -0.15) is 0 Å². The Hall–Kier alpha value is -0.800. The van der Waals surface area contributed by atoms with Gasteiger partial charge in [0.15, 0.2) is 0 Å². The Morgan fingerprint density at radius 3 is 2.79 bits per heavy atom. The van der Waals surface area contributed by atoms with Gasteiger partial charge < -0.3 is 9.84 Å². The molecule has 76 valence electrons.